The van der Waals surface area contributed by atoms with E-state index in [0.717, 1.165) is 17.4 Å². The van der Waals surface area contributed by atoms with Crippen LogP contribution in [-0.4, -0.2) is 12.6 Å². The zero-order chi connectivity index (χ0) is 14.8. The summed E-state index contributed by atoms with van der Waals surface area (Å²) < 4.78 is 31.9. The predicted molar refractivity (Wildman–Crippen MR) is 75.9 cm³/mol. The van der Waals surface area contributed by atoms with E-state index in [1.807, 2.05) is 24.3 Å². The number of hydrogen-bond donors (Lipinski definition) is 2. The summed E-state index contributed by atoms with van der Waals surface area (Å²) in [6.45, 7) is 0.526. The van der Waals surface area contributed by atoms with E-state index in [9.17, 15) is 8.78 Å². The topological polar surface area (TPSA) is 47.3 Å². The molecule has 1 heterocycles. The van der Waals surface area contributed by atoms with Crippen LogP contribution >= 0.6 is 0 Å². The van der Waals surface area contributed by atoms with Crippen molar-refractivity contribution in [1.29, 1.82) is 0 Å². The van der Waals surface area contributed by atoms with Gasteiger partial charge in [-0.15, -0.1) is 0 Å². The van der Waals surface area contributed by atoms with Crippen molar-refractivity contribution in [3.8, 4) is 5.75 Å². The molecule has 110 valence electrons. The van der Waals surface area contributed by atoms with Crippen LogP contribution in [0, 0.1) is 11.6 Å². The number of halogens is 2. The summed E-state index contributed by atoms with van der Waals surface area (Å²) in [7, 11) is 0. The summed E-state index contributed by atoms with van der Waals surface area (Å²) >= 11 is 0. The Hall–Kier alpha value is -1.98. The molecule has 0 fully saturated rings. The SMILES string of the molecule is NNC(Cc1ccc(F)c(F)c1)C1COc2ccccc21. The highest BCUT2D eigenvalue weighted by Crippen LogP contribution is 2.36. The van der Waals surface area contributed by atoms with E-state index in [4.69, 9.17) is 10.6 Å². The molecular weight excluding hydrogens is 274 g/mol. The minimum Gasteiger partial charge on any atom is -0.493 e. The van der Waals surface area contributed by atoms with E-state index in [1.54, 1.807) is 6.07 Å². The van der Waals surface area contributed by atoms with Gasteiger partial charge in [0.15, 0.2) is 11.6 Å². The normalized spacial score (nSPS) is 18.1. The second-order valence-corrected chi connectivity index (χ2v) is 5.18. The van der Waals surface area contributed by atoms with Gasteiger partial charge in [-0.1, -0.05) is 24.3 Å². The molecule has 3 N–H and O–H groups in total. The molecule has 0 bridgehead atoms. The molecule has 0 amide bonds. The third kappa shape index (κ3) is 2.75. The summed E-state index contributed by atoms with van der Waals surface area (Å²) in [6.07, 6.45) is 0.496. The number of nitrogens with one attached hydrogen (secondary N) is 1. The zero-order valence-electron chi connectivity index (χ0n) is 11.4. The number of hydrogen-bond acceptors (Lipinski definition) is 3. The van der Waals surface area contributed by atoms with Crippen molar-refractivity contribution in [3.63, 3.8) is 0 Å². The second-order valence-electron chi connectivity index (χ2n) is 5.18. The van der Waals surface area contributed by atoms with Crippen LogP contribution in [0.3, 0.4) is 0 Å². The summed E-state index contributed by atoms with van der Waals surface area (Å²) in [6, 6.07) is 11.6. The molecule has 0 saturated carbocycles. The molecule has 2 aromatic carbocycles. The van der Waals surface area contributed by atoms with Crippen molar-refractivity contribution in [3.05, 3.63) is 65.2 Å². The lowest BCUT2D eigenvalue weighted by atomic mass is 9.89. The molecule has 1 aliphatic heterocycles. The molecule has 0 spiro atoms. The van der Waals surface area contributed by atoms with Gasteiger partial charge in [0.05, 0.1) is 6.61 Å². The Morgan fingerprint density at radius 2 is 2.00 bits per heavy atom. The minimum absolute atomic E-state index is 0.0827. The smallest absolute Gasteiger partial charge is 0.159 e. The number of para-hydroxylation sites is 1. The van der Waals surface area contributed by atoms with E-state index < -0.39 is 11.6 Å². The Morgan fingerprint density at radius 1 is 1.19 bits per heavy atom. The van der Waals surface area contributed by atoms with Gasteiger partial charge in [-0.3, -0.25) is 11.3 Å². The maximum Gasteiger partial charge on any atom is 0.159 e. The molecule has 2 aromatic rings. The monoisotopic (exact) mass is 290 g/mol. The molecule has 2 atom stereocenters. The average molecular weight is 290 g/mol. The number of fused-ring (bicyclic) bond motifs is 1. The Balaban J connectivity index is 1.81. The molecule has 3 rings (SSSR count). The molecule has 2 unspecified atom stereocenters. The fourth-order valence-electron chi connectivity index (χ4n) is 2.76. The molecule has 0 aliphatic carbocycles. The fraction of sp³-hybridized carbons (Fsp3) is 0.250. The summed E-state index contributed by atoms with van der Waals surface area (Å²) in [5.74, 6) is 4.91. The largest absolute Gasteiger partial charge is 0.493 e. The molecule has 1 aliphatic rings. The van der Waals surface area contributed by atoms with Crippen LogP contribution in [0.5, 0.6) is 5.75 Å². The van der Waals surface area contributed by atoms with E-state index in [0.29, 0.717) is 18.6 Å². The first kappa shape index (κ1) is 14.0. The summed E-state index contributed by atoms with van der Waals surface area (Å²) in [4.78, 5) is 0. The van der Waals surface area contributed by atoms with E-state index in [-0.39, 0.29) is 12.0 Å². The highest BCUT2D eigenvalue weighted by atomic mass is 19.2. The van der Waals surface area contributed by atoms with Gasteiger partial charge in [-0.2, -0.15) is 0 Å². The van der Waals surface area contributed by atoms with Crippen LogP contribution in [0.4, 0.5) is 8.78 Å². The Labute approximate surface area is 121 Å². The lowest BCUT2D eigenvalue weighted by molar-refractivity contribution is 0.297. The van der Waals surface area contributed by atoms with Crippen molar-refractivity contribution in [1.82, 2.24) is 5.43 Å². The van der Waals surface area contributed by atoms with Crippen LogP contribution in [0.25, 0.3) is 0 Å². The van der Waals surface area contributed by atoms with Gasteiger partial charge in [0.2, 0.25) is 0 Å². The maximum absolute atomic E-state index is 13.3. The first-order chi connectivity index (χ1) is 10.2. The van der Waals surface area contributed by atoms with Crippen molar-refractivity contribution in [2.45, 2.75) is 18.4 Å². The first-order valence-corrected chi connectivity index (χ1v) is 6.81. The van der Waals surface area contributed by atoms with Crippen LogP contribution in [0.2, 0.25) is 0 Å². The highest BCUT2D eigenvalue weighted by molar-refractivity contribution is 5.41. The predicted octanol–water partition coefficient (Wildman–Crippen LogP) is 2.52. The third-order valence-electron chi connectivity index (χ3n) is 3.88. The highest BCUT2D eigenvalue weighted by Gasteiger charge is 2.30. The van der Waals surface area contributed by atoms with Crippen LogP contribution in [0.15, 0.2) is 42.5 Å². The van der Waals surface area contributed by atoms with Crippen molar-refractivity contribution in [2.75, 3.05) is 6.61 Å². The number of nitrogens with two attached hydrogens (primary N) is 1. The number of rotatable bonds is 4. The molecule has 5 heteroatoms. The van der Waals surface area contributed by atoms with Gasteiger partial charge in [-0.25, -0.2) is 8.78 Å². The molecule has 21 heavy (non-hydrogen) atoms. The Morgan fingerprint density at radius 3 is 2.76 bits per heavy atom. The number of benzene rings is 2. The van der Waals surface area contributed by atoms with Crippen LogP contribution in [0.1, 0.15) is 17.0 Å². The van der Waals surface area contributed by atoms with Crippen LogP contribution < -0.4 is 16.0 Å². The molecule has 0 radical (unpaired) electrons. The van der Waals surface area contributed by atoms with Gasteiger partial charge in [0.25, 0.3) is 0 Å². The fourth-order valence-corrected chi connectivity index (χ4v) is 2.76. The lowest BCUT2D eigenvalue weighted by Crippen LogP contribution is -2.42. The Bertz CT molecular complexity index is 648. The zero-order valence-corrected chi connectivity index (χ0v) is 11.4. The van der Waals surface area contributed by atoms with Gasteiger partial charge in [0, 0.05) is 17.5 Å². The van der Waals surface area contributed by atoms with Crippen molar-refractivity contribution < 1.29 is 13.5 Å². The lowest BCUT2D eigenvalue weighted by Gasteiger charge is -2.22. The average Bonchev–Trinajstić information content (AvgIpc) is 2.92. The van der Waals surface area contributed by atoms with Crippen molar-refractivity contribution in [2.24, 2.45) is 5.84 Å². The molecular formula is C16H16F2N2O. The summed E-state index contributed by atoms with van der Waals surface area (Å²) in [5.41, 5.74) is 4.55. The standard InChI is InChI=1S/C16H16F2N2O/c17-13-6-5-10(7-14(13)18)8-15(20-19)12-9-21-16-4-2-1-3-11(12)16/h1-7,12,15,20H,8-9,19H2. The van der Waals surface area contributed by atoms with Crippen molar-refractivity contribution >= 4 is 0 Å². The van der Waals surface area contributed by atoms with E-state index in [1.165, 1.54) is 6.07 Å². The quantitative estimate of drug-likeness (QED) is 0.672. The maximum atomic E-state index is 13.3. The number of hydrazine groups is 1. The number of ether oxygens (including phenoxy) is 1. The Kier molecular flexibility index (Phi) is 3.86. The second kappa shape index (κ2) is 5.79. The van der Waals surface area contributed by atoms with E-state index >= 15 is 0 Å². The van der Waals surface area contributed by atoms with Gasteiger partial charge < -0.3 is 4.74 Å². The summed E-state index contributed by atoms with van der Waals surface area (Å²) in [5, 5.41) is 0. The molecule has 3 nitrogen and oxygen atoms in total. The van der Waals surface area contributed by atoms with Gasteiger partial charge in [-0.05, 0) is 30.2 Å². The molecule has 0 saturated heterocycles. The van der Waals surface area contributed by atoms with E-state index in [2.05, 4.69) is 5.43 Å². The minimum atomic E-state index is -0.842. The third-order valence-corrected chi connectivity index (χ3v) is 3.88. The van der Waals surface area contributed by atoms with Crippen LogP contribution in [-0.2, 0) is 6.42 Å². The first-order valence-electron chi connectivity index (χ1n) is 6.81. The molecule has 0 aromatic heterocycles. The van der Waals surface area contributed by atoms with Gasteiger partial charge in [0.1, 0.15) is 5.75 Å². The van der Waals surface area contributed by atoms with Gasteiger partial charge >= 0.3 is 0 Å².